The number of nitrogens with one attached hydrogen (secondary N) is 1. The molecule has 1 N–H and O–H groups in total. The third-order valence-corrected chi connectivity index (χ3v) is 6.45. The largest absolute Gasteiger partial charge is 0.462 e. The van der Waals surface area contributed by atoms with Crippen molar-refractivity contribution in [1.82, 2.24) is 10.3 Å². The number of carbonyl (C=O) groups excluding carboxylic acids is 2. The summed E-state index contributed by atoms with van der Waals surface area (Å²) in [6.07, 6.45) is 13.6. The Morgan fingerprint density at radius 3 is 2.04 bits per heavy atom. The highest BCUT2D eigenvalue weighted by Gasteiger charge is 2.12. The van der Waals surface area contributed by atoms with Crippen LogP contribution in [0.2, 0.25) is 0 Å². The van der Waals surface area contributed by atoms with Gasteiger partial charge in [-0.2, -0.15) is 0 Å². The molecular formula is C39H49N3O3S. The zero-order chi connectivity index (χ0) is 34.6. The normalized spacial score (nSPS) is 10.3. The molecule has 2 aromatic carbocycles. The molecule has 7 heteroatoms. The van der Waals surface area contributed by atoms with Gasteiger partial charge in [-0.15, -0.1) is 0 Å². The zero-order valence-electron chi connectivity index (χ0n) is 28.2. The predicted molar refractivity (Wildman–Crippen MR) is 197 cm³/mol. The van der Waals surface area contributed by atoms with Crippen molar-refractivity contribution in [2.45, 2.75) is 52.5 Å². The first-order chi connectivity index (χ1) is 22.3. The van der Waals surface area contributed by atoms with E-state index in [9.17, 15) is 9.59 Å². The second kappa shape index (κ2) is 26.6. The van der Waals surface area contributed by atoms with Crippen LogP contribution in [0.25, 0.3) is 0 Å². The second-order valence-corrected chi connectivity index (χ2v) is 10.1. The first-order valence-electron chi connectivity index (χ1n) is 15.1. The van der Waals surface area contributed by atoms with E-state index < -0.39 is 0 Å². The summed E-state index contributed by atoms with van der Waals surface area (Å²) >= 11 is 1.66. The fourth-order valence-corrected chi connectivity index (χ4v) is 4.05. The molecule has 0 saturated carbocycles. The lowest BCUT2D eigenvalue weighted by Gasteiger charge is -2.11. The highest BCUT2D eigenvalue weighted by molar-refractivity contribution is 8.02. The summed E-state index contributed by atoms with van der Waals surface area (Å²) in [7, 11) is 1.78. The number of allylic oxidation sites excluding steroid dienone is 4. The molecule has 0 saturated heterocycles. The molecule has 0 fully saturated rings. The number of carbonyl (C=O) groups is 2. The minimum absolute atomic E-state index is 0.197. The Morgan fingerprint density at radius 1 is 0.935 bits per heavy atom. The van der Waals surface area contributed by atoms with Crippen LogP contribution in [0, 0.1) is 0 Å². The van der Waals surface area contributed by atoms with E-state index in [0.29, 0.717) is 24.3 Å². The molecule has 0 spiro atoms. The summed E-state index contributed by atoms with van der Waals surface area (Å²) in [4.78, 5) is 32.5. The zero-order valence-corrected chi connectivity index (χ0v) is 29.0. The quantitative estimate of drug-likeness (QED) is 0.0743. The van der Waals surface area contributed by atoms with Gasteiger partial charge in [-0.05, 0) is 62.1 Å². The fraction of sp³-hybridized carbons (Fsp3) is 0.231. The number of aliphatic imine (C=N–C) groups is 1. The van der Waals surface area contributed by atoms with Crippen molar-refractivity contribution in [2.24, 2.45) is 4.99 Å². The smallest absolute Gasteiger partial charge is 0.338 e. The van der Waals surface area contributed by atoms with Gasteiger partial charge in [0.2, 0.25) is 0 Å². The standard InChI is InChI=1S/C20H21NO2S.C11H12N2O.C5H8.C3H8/c1-4-14-24-18-9-7-6-8-17(18)19(21-3)15-10-12-16(13-11-15)20(22)23-5-2;1-3-9(2)11(14)13-8-10-4-6-12-7-5-10;1-3-5-4-2;1-3-2/h4,6-14H,5H2,1-3H3;3-7H,1-2,8H2,(H,13,14);3-5H,1H2,2H3;3H2,1-2H3/b14-4+,21-19?;;5-4-;. The van der Waals surface area contributed by atoms with Crippen molar-refractivity contribution in [2.75, 3.05) is 13.7 Å². The van der Waals surface area contributed by atoms with Gasteiger partial charge in [-0.3, -0.25) is 14.8 Å². The van der Waals surface area contributed by atoms with E-state index in [0.717, 1.165) is 27.3 Å². The predicted octanol–water partition coefficient (Wildman–Crippen LogP) is 9.56. The number of rotatable bonds is 11. The van der Waals surface area contributed by atoms with Gasteiger partial charge in [0.1, 0.15) is 0 Å². The van der Waals surface area contributed by atoms with Gasteiger partial charge in [0.05, 0.1) is 17.9 Å². The number of pyridine rings is 1. The Labute approximate surface area is 280 Å². The summed E-state index contributed by atoms with van der Waals surface area (Å²) in [5.41, 5.74) is 4.88. The molecule has 0 aliphatic rings. The third-order valence-electron chi connectivity index (χ3n) is 5.44. The van der Waals surface area contributed by atoms with Crippen molar-refractivity contribution >= 4 is 29.4 Å². The molecule has 0 unspecified atom stereocenters. The van der Waals surface area contributed by atoms with Gasteiger partial charge >= 0.3 is 5.97 Å². The van der Waals surface area contributed by atoms with Crippen molar-refractivity contribution in [3.05, 3.63) is 156 Å². The van der Waals surface area contributed by atoms with E-state index in [1.54, 1.807) is 56.3 Å². The van der Waals surface area contributed by atoms with Crippen LogP contribution in [-0.2, 0) is 16.1 Å². The summed E-state index contributed by atoms with van der Waals surface area (Å²) in [5.74, 6) is -0.500. The number of hydrogen-bond acceptors (Lipinski definition) is 6. The molecule has 1 aromatic heterocycles. The summed E-state index contributed by atoms with van der Waals surface area (Å²) < 4.78 is 5.02. The molecule has 3 aromatic rings. The lowest BCUT2D eigenvalue weighted by molar-refractivity contribution is -0.117. The molecular weight excluding hydrogens is 591 g/mol. The van der Waals surface area contributed by atoms with Gasteiger partial charge in [0, 0.05) is 47.6 Å². The second-order valence-electron chi connectivity index (χ2n) is 9.19. The molecule has 0 bridgehead atoms. The van der Waals surface area contributed by atoms with Crippen molar-refractivity contribution < 1.29 is 14.3 Å². The van der Waals surface area contributed by atoms with E-state index in [-0.39, 0.29) is 11.9 Å². The number of ether oxygens (including phenoxy) is 1. The summed E-state index contributed by atoms with van der Waals surface area (Å²) in [6.45, 7) is 21.3. The molecule has 1 amide bonds. The molecule has 0 radical (unpaired) electrons. The molecule has 0 aliphatic heterocycles. The molecule has 6 nitrogen and oxygen atoms in total. The highest BCUT2D eigenvalue weighted by atomic mass is 32.2. The monoisotopic (exact) mass is 639 g/mol. The average Bonchev–Trinajstić information content (AvgIpc) is 3.09. The van der Waals surface area contributed by atoms with Gasteiger partial charge in [-0.25, -0.2) is 4.79 Å². The van der Waals surface area contributed by atoms with Crippen LogP contribution in [0.15, 0.2) is 144 Å². The minimum atomic E-state index is -0.303. The van der Waals surface area contributed by atoms with E-state index >= 15 is 0 Å². The van der Waals surface area contributed by atoms with Crippen LogP contribution < -0.4 is 5.32 Å². The van der Waals surface area contributed by atoms with E-state index in [1.165, 1.54) is 12.5 Å². The summed E-state index contributed by atoms with van der Waals surface area (Å²) in [6, 6.07) is 19.2. The molecule has 3 rings (SSSR count). The number of thioether (sulfide) groups is 1. The van der Waals surface area contributed by atoms with E-state index in [1.807, 2.05) is 68.5 Å². The molecule has 1 heterocycles. The number of aromatic nitrogens is 1. The van der Waals surface area contributed by atoms with Gasteiger partial charge in [0.25, 0.3) is 5.91 Å². The first-order valence-corrected chi connectivity index (χ1v) is 16.0. The van der Waals surface area contributed by atoms with Crippen molar-refractivity contribution in [3.8, 4) is 0 Å². The Morgan fingerprint density at radius 2 is 1.54 bits per heavy atom. The van der Waals surface area contributed by atoms with E-state index in [4.69, 9.17) is 4.74 Å². The van der Waals surface area contributed by atoms with Crippen molar-refractivity contribution in [3.63, 3.8) is 0 Å². The van der Waals surface area contributed by atoms with Crippen LogP contribution in [0.3, 0.4) is 0 Å². The Balaban J connectivity index is 0.000000773. The Bertz CT molecular complexity index is 1430. The molecule has 0 atom stereocenters. The topological polar surface area (TPSA) is 80.6 Å². The van der Waals surface area contributed by atoms with Crippen LogP contribution in [-0.4, -0.2) is 36.2 Å². The summed E-state index contributed by atoms with van der Waals surface area (Å²) in [5, 5.41) is 4.76. The van der Waals surface area contributed by atoms with Gasteiger partial charge in [0.15, 0.2) is 0 Å². The molecule has 46 heavy (non-hydrogen) atoms. The molecule has 0 aliphatic carbocycles. The van der Waals surface area contributed by atoms with Gasteiger partial charge in [-0.1, -0.05) is 112 Å². The number of esters is 1. The van der Waals surface area contributed by atoms with Crippen molar-refractivity contribution in [1.29, 1.82) is 0 Å². The highest BCUT2D eigenvalue weighted by Crippen LogP contribution is 2.26. The SMILES string of the molecule is C/C=C/Sc1ccccc1C(=NC)c1ccc(C(=O)OCC)cc1.C=C/C=C\C.C=CC(=C)C(=O)NCc1ccncc1.CCC. The lowest BCUT2D eigenvalue weighted by atomic mass is 10.0. The molecule has 244 valence electrons. The minimum Gasteiger partial charge on any atom is -0.462 e. The van der Waals surface area contributed by atoms with Crippen LogP contribution in [0.4, 0.5) is 0 Å². The maximum Gasteiger partial charge on any atom is 0.338 e. The van der Waals surface area contributed by atoms with Crippen LogP contribution in [0.5, 0.6) is 0 Å². The van der Waals surface area contributed by atoms with Crippen LogP contribution in [0.1, 0.15) is 68.1 Å². The Kier molecular flexibility index (Phi) is 23.9. The average molecular weight is 640 g/mol. The number of benzene rings is 2. The van der Waals surface area contributed by atoms with Gasteiger partial charge < -0.3 is 10.1 Å². The third kappa shape index (κ3) is 16.9. The Hall–Kier alpha value is -4.75. The lowest BCUT2D eigenvalue weighted by Crippen LogP contribution is -2.23. The van der Waals surface area contributed by atoms with Crippen LogP contribution >= 0.6 is 11.8 Å². The maximum atomic E-state index is 11.8. The number of hydrogen-bond donors (Lipinski definition) is 1. The maximum absolute atomic E-state index is 11.8. The van der Waals surface area contributed by atoms with E-state index in [2.05, 4.69) is 66.4 Å². The fourth-order valence-electron chi connectivity index (χ4n) is 3.32. The number of nitrogens with zero attached hydrogens (tertiary/aromatic N) is 2. The number of amides is 1. The first kappa shape index (κ1) is 41.2.